The number of pyridine rings is 1. The number of rotatable bonds is 6. The molecular weight excluding hydrogens is 342 g/mol. The summed E-state index contributed by atoms with van der Waals surface area (Å²) in [7, 11) is 1.75. The van der Waals surface area contributed by atoms with Gasteiger partial charge in [-0.1, -0.05) is 24.3 Å². The molecule has 0 unspecified atom stereocenters. The molecule has 6 heteroatoms. The Kier molecular flexibility index (Phi) is 4.40. The van der Waals surface area contributed by atoms with Crippen molar-refractivity contribution in [2.45, 2.75) is 18.8 Å². The van der Waals surface area contributed by atoms with Crippen molar-refractivity contribution in [2.24, 2.45) is 5.92 Å². The van der Waals surface area contributed by atoms with Gasteiger partial charge in [0, 0.05) is 43.4 Å². The van der Waals surface area contributed by atoms with Gasteiger partial charge in [-0.2, -0.15) is 0 Å². The van der Waals surface area contributed by atoms with Crippen LogP contribution < -0.4 is 5.73 Å². The lowest BCUT2D eigenvalue weighted by atomic mass is 9.92. The molecule has 4 rings (SSSR count). The molecule has 0 spiro atoms. The van der Waals surface area contributed by atoms with E-state index in [1.54, 1.807) is 13.2 Å². The van der Waals surface area contributed by atoms with Crippen LogP contribution in [0.3, 0.4) is 0 Å². The molecule has 2 fully saturated rings. The van der Waals surface area contributed by atoms with Crippen LogP contribution in [0, 0.1) is 12.8 Å². The maximum atomic E-state index is 11.4. The molecule has 1 aromatic carbocycles. The summed E-state index contributed by atoms with van der Waals surface area (Å²) in [6, 6.07) is 10.1. The van der Waals surface area contributed by atoms with E-state index in [2.05, 4.69) is 34.1 Å². The lowest BCUT2D eigenvalue weighted by molar-refractivity contribution is 0.0697. The number of hydrogen-bond donors (Lipinski definition) is 2. The van der Waals surface area contributed by atoms with E-state index in [0.717, 1.165) is 49.0 Å². The SMILES string of the molecule is COCCN1C[C@@H]2C[C@]2(c2ccc(-c3cc(C(=O)O)c(N)nc3C)cc2)C1. The highest BCUT2D eigenvalue weighted by molar-refractivity contribution is 5.94. The fraction of sp³-hybridized carbons (Fsp3) is 0.429. The standard InChI is InChI=1S/C21H25N3O3/c1-13-17(9-18(20(25)26)19(22)23-13)14-3-5-15(6-4-14)21-10-16(21)11-24(12-21)7-8-27-2/h3-6,9,16H,7-8,10-12H2,1-2H3,(H2,22,23)(H,25,26)/t16-,21+/m0/s1. The number of aromatic nitrogens is 1. The fourth-order valence-corrected chi connectivity index (χ4v) is 4.49. The van der Waals surface area contributed by atoms with Gasteiger partial charge >= 0.3 is 5.97 Å². The van der Waals surface area contributed by atoms with Gasteiger partial charge in [0.15, 0.2) is 0 Å². The summed E-state index contributed by atoms with van der Waals surface area (Å²) in [5.74, 6) is -0.263. The Morgan fingerprint density at radius 3 is 2.81 bits per heavy atom. The van der Waals surface area contributed by atoms with Crippen molar-refractivity contribution in [3.63, 3.8) is 0 Å². The van der Waals surface area contributed by atoms with Gasteiger partial charge < -0.3 is 15.6 Å². The minimum atomic E-state index is -1.06. The predicted molar refractivity (Wildman–Crippen MR) is 104 cm³/mol. The monoisotopic (exact) mass is 367 g/mol. The first-order valence-corrected chi connectivity index (χ1v) is 9.27. The smallest absolute Gasteiger partial charge is 0.339 e. The van der Waals surface area contributed by atoms with Gasteiger partial charge in [-0.3, -0.25) is 4.90 Å². The average Bonchev–Trinajstić information content (AvgIpc) is 3.22. The van der Waals surface area contributed by atoms with E-state index in [9.17, 15) is 9.90 Å². The fourth-order valence-electron chi connectivity index (χ4n) is 4.49. The summed E-state index contributed by atoms with van der Waals surface area (Å²) in [4.78, 5) is 18.1. The molecule has 0 amide bonds. The maximum Gasteiger partial charge on any atom is 0.339 e. The number of hydrogen-bond acceptors (Lipinski definition) is 5. The van der Waals surface area contributed by atoms with Crippen LogP contribution in [0.5, 0.6) is 0 Å². The molecule has 1 aliphatic carbocycles. The molecule has 1 aromatic heterocycles. The molecule has 27 heavy (non-hydrogen) atoms. The summed E-state index contributed by atoms with van der Waals surface area (Å²) < 4.78 is 5.20. The first-order valence-electron chi connectivity index (χ1n) is 9.27. The van der Waals surface area contributed by atoms with Crippen LogP contribution in [0.1, 0.15) is 28.0 Å². The van der Waals surface area contributed by atoms with E-state index in [0.29, 0.717) is 0 Å². The van der Waals surface area contributed by atoms with E-state index in [1.165, 1.54) is 12.0 Å². The molecule has 0 radical (unpaired) electrons. The molecule has 2 aromatic rings. The number of benzene rings is 1. The number of nitrogen functional groups attached to an aromatic ring is 1. The number of fused-ring (bicyclic) bond motifs is 1. The molecule has 0 bridgehead atoms. The Balaban J connectivity index is 1.58. The third-order valence-electron chi connectivity index (χ3n) is 6.07. The zero-order chi connectivity index (χ0) is 19.2. The molecule has 3 N–H and O–H groups in total. The van der Waals surface area contributed by atoms with E-state index in [4.69, 9.17) is 10.5 Å². The van der Waals surface area contributed by atoms with Crippen LogP contribution >= 0.6 is 0 Å². The molecule has 2 heterocycles. The Morgan fingerprint density at radius 2 is 2.15 bits per heavy atom. The summed E-state index contributed by atoms with van der Waals surface area (Å²) in [5, 5.41) is 9.31. The Bertz CT molecular complexity index is 881. The molecule has 6 nitrogen and oxygen atoms in total. The second kappa shape index (κ2) is 6.62. The van der Waals surface area contributed by atoms with Crippen molar-refractivity contribution in [3.8, 4) is 11.1 Å². The Morgan fingerprint density at radius 1 is 1.41 bits per heavy atom. The zero-order valence-corrected chi connectivity index (χ0v) is 15.7. The summed E-state index contributed by atoms with van der Waals surface area (Å²) >= 11 is 0. The third-order valence-corrected chi connectivity index (χ3v) is 6.07. The van der Waals surface area contributed by atoms with Gasteiger partial charge in [0.2, 0.25) is 0 Å². The van der Waals surface area contributed by atoms with Crippen LogP contribution in [0.2, 0.25) is 0 Å². The van der Waals surface area contributed by atoms with E-state index < -0.39 is 5.97 Å². The second-order valence-electron chi connectivity index (χ2n) is 7.72. The second-order valence-corrected chi connectivity index (χ2v) is 7.72. The number of carboxylic acids is 1. The normalized spacial score (nSPS) is 24.0. The highest BCUT2D eigenvalue weighted by Crippen LogP contribution is 2.59. The minimum Gasteiger partial charge on any atom is -0.478 e. The van der Waals surface area contributed by atoms with Gasteiger partial charge in [-0.15, -0.1) is 0 Å². The summed E-state index contributed by atoms with van der Waals surface area (Å²) in [6.07, 6.45) is 1.25. The zero-order valence-electron chi connectivity index (χ0n) is 15.7. The van der Waals surface area contributed by atoms with Gasteiger partial charge in [0.25, 0.3) is 0 Å². The number of ether oxygens (including phenoxy) is 1. The number of carboxylic acid groups (broad SMARTS) is 1. The number of likely N-dealkylation sites (tertiary alicyclic amines) is 1. The molecule has 1 aliphatic heterocycles. The van der Waals surface area contributed by atoms with Crippen molar-refractivity contribution >= 4 is 11.8 Å². The lowest BCUT2D eigenvalue weighted by Crippen LogP contribution is -2.29. The minimum absolute atomic E-state index is 0.0464. The predicted octanol–water partition coefficient (Wildman–Crippen LogP) is 2.56. The van der Waals surface area contributed by atoms with Crippen molar-refractivity contribution in [2.75, 3.05) is 39.1 Å². The van der Waals surface area contributed by atoms with Gasteiger partial charge in [-0.25, -0.2) is 9.78 Å². The van der Waals surface area contributed by atoms with Crippen molar-refractivity contribution in [3.05, 3.63) is 47.2 Å². The number of nitrogens with two attached hydrogens (primary N) is 1. The van der Waals surface area contributed by atoms with Crippen LogP contribution in [0.25, 0.3) is 11.1 Å². The number of aromatic carboxylic acids is 1. The van der Waals surface area contributed by atoms with Gasteiger partial charge in [0.1, 0.15) is 11.4 Å². The molecule has 2 atom stereocenters. The quantitative estimate of drug-likeness (QED) is 0.816. The molecule has 142 valence electrons. The van der Waals surface area contributed by atoms with Crippen molar-refractivity contribution in [1.29, 1.82) is 0 Å². The van der Waals surface area contributed by atoms with Crippen LogP contribution in [-0.4, -0.2) is 54.3 Å². The number of nitrogens with zero attached hydrogens (tertiary/aromatic N) is 2. The molecule has 2 aliphatic rings. The number of aryl methyl sites for hydroxylation is 1. The maximum absolute atomic E-state index is 11.4. The number of piperidine rings is 1. The van der Waals surface area contributed by atoms with Crippen LogP contribution in [0.4, 0.5) is 5.82 Å². The Hall–Kier alpha value is -2.44. The molecule has 1 saturated heterocycles. The molecular formula is C21H25N3O3. The summed E-state index contributed by atoms with van der Waals surface area (Å²) in [6.45, 7) is 5.85. The third kappa shape index (κ3) is 3.09. The topological polar surface area (TPSA) is 88.7 Å². The van der Waals surface area contributed by atoms with E-state index in [1.807, 2.05) is 6.92 Å². The lowest BCUT2D eigenvalue weighted by Gasteiger charge is -2.21. The van der Waals surface area contributed by atoms with Gasteiger partial charge in [0.05, 0.1) is 6.61 Å². The average molecular weight is 367 g/mol. The van der Waals surface area contributed by atoms with Crippen molar-refractivity contribution < 1.29 is 14.6 Å². The van der Waals surface area contributed by atoms with Crippen molar-refractivity contribution in [1.82, 2.24) is 9.88 Å². The largest absolute Gasteiger partial charge is 0.478 e. The van der Waals surface area contributed by atoms with Crippen LogP contribution in [-0.2, 0) is 10.2 Å². The number of methoxy groups -OCH3 is 1. The highest BCUT2D eigenvalue weighted by Gasteiger charge is 2.60. The number of anilines is 1. The van der Waals surface area contributed by atoms with E-state index >= 15 is 0 Å². The Labute approximate surface area is 159 Å². The first-order chi connectivity index (χ1) is 12.9. The van der Waals surface area contributed by atoms with Crippen LogP contribution in [0.15, 0.2) is 30.3 Å². The number of carbonyl (C=O) groups is 1. The summed E-state index contributed by atoms with van der Waals surface area (Å²) in [5.41, 5.74) is 9.96. The molecule has 1 saturated carbocycles. The first kappa shape index (κ1) is 17.9. The highest BCUT2D eigenvalue weighted by atomic mass is 16.5. The van der Waals surface area contributed by atoms with E-state index in [-0.39, 0.29) is 16.8 Å². The van der Waals surface area contributed by atoms with Gasteiger partial charge in [-0.05, 0) is 36.5 Å².